The number of fused-ring (bicyclic) bond motifs is 2. The first kappa shape index (κ1) is 27.6. The van der Waals surface area contributed by atoms with E-state index in [0.29, 0.717) is 22.2 Å². The molecule has 216 valence electrons. The lowest BCUT2D eigenvalue weighted by Gasteiger charge is -2.35. The second kappa shape index (κ2) is 10.4. The van der Waals surface area contributed by atoms with Gasteiger partial charge in [-0.25, -0.2) is 14.2 Å². The largest absolute Gasteiger partial charge is 0.454 e. The molecule has 0 unspecified atom stereocenters. The summed E-state index contributed by atoms with van der Waals surface area (Å²) in [5.74, 6) is 1.02. The van der Waals surface area contributed by atoms with Gasteiger partial charge in [-0.2, -0.15) is 0 Å². The van der Waals surface area contributed by atoms with Gasteiger partial charge in [0.1, 0.15) is 28.2 Å². The van der Waals surface area contributed by atoms with Crippen molar-refractivity contribution in [3.8, 4) is 11.5 Å². The van der Waals surface area contributed by atoms with Gasteiger partial charge in [0.15, 0.2) is 5.76 Å². The van der Waals surface area contributed by atoms with Gasteiger partial charge in [0.25, 0.3) is 5.91 Å². The molecule has 1 saturated heterocycles. The number of alkyl carbamates (subject to hydrolysis) is 1. The molecule has 4 heterocycles. The van der Waals surface area contributed by atoms with Gasteiger partial charge in [0, 0.05) is 41.4 Å². The molecular weight excluding hydrogens is 547 g/mol. The topological polar surface area (TPSA) is 89.6 Å². The minimum absolute atomic E-state index is 0.0391. The fourth-order valence-corrected chi connectivity index (χ4v) is 5.75. The van der Waals surface area contributed by atoms with Crippen molar-refractivity contribution in [2.45, 2.75) is 71.3 Å². The van der Waals surface area contributed by atoms with E-state index in [1.165, 1.54) is 17.7 Å². The van der Waals surface area contributed by atoms with Crippen molar-refractivity contribution in [2.75, 3.05) is 13.1 Å². The molecule has 1 aliphatic carbocycles. The number of nitrogens with zero attached hydrogens (tertiary/aromatic N) is 3. The van der Waals surface area contributed by atoms with Crippen LogP contribution in [-0.4, -0.2) is 57.4 Å². The van der Waals surface area contributed by atoms with E-state index in [-0.39, 0.29) is 25.4 Å². The van der Waals surface area contributed by atoms with Crippen LogP contribution in [0.25, 0.3) is 33.5 Å². The lowest BCUT2D eigenvalue weighted by atomic mass is 10.0. The number of hydrogen-bond acceptors (Lipinski definition) is 5. The smallest absolute Gasteiger partial charge is 0.407 e. The van der Waals surface area contributed by atoms with Crippen molar-refractivity contribution in [1.29, 1.82) is 0 Å². The lowest BCUT2D eigenvalue weighted by Crippen LogP contribution is -2.54. The van der Waals surface area contributed by atoms with Crippen LogP contribution >= 0.6 is 11.6 Å². The molecule has 0 radical (unpaired) electrons. The molecular formula is C31H34ClFN4O4. The molecule has 10 heteroatoms. The molecule has 1 aliphatic heterocycles. The SMILES string of the molecule is Cc1c(-c2cc3ccc(Cl)nc3n2CC2CC2)oc2cc(C(=O)N3C[C@H](F)C[C@@H](NC(=O)OC(C)(C)C)C3)ccc12. The Labute approximate surface area is 242 Å². The second-order valence-corrected chi connectivity index (χ2v) is 12.7. The molecule has 1 N–H and O–H groups in total. The highest BCUT2D eigenvalue weighted by Gasteiger charge is 2.33. The third-order valence-corrected chi connectivity index (χ3v) is 7.88. The minimum atomic E-state index is -1.26. The molecule has 4 aromatic rings. The van der Waals surface area contributed by atoms with Crippen LogP contribution in [0.4, 0.5) is 9.18 Å². The van der Waals surface area contributed by atoms with Crippen molar-refractivity contribution in [3.63, 3.8) is 0 Å². The zero-order valence-electron chi connectivity index (χ0n) is 23.7. The quantitative estimate of drug-likeness (QED) is 0.259. The van der Waals surface area contributed by atoms with Crippen molar-refractivity contribution in [2.24, 2.45) is 5.92 Å². The zero-order valence-corrected chi connectivity index (χ0v) is 24.4. The number of amides is 2. The maximum absolute atomic E-state index is 14.7. The van der Waals surface area contributed by atoms with Crippen LogP contribution < -0.4 is 5.32 Å². The number of aromatic nitrogens is 2. The number of benzene rings is 1. The Morgan fingerprint density at radius 1 is 1.17 bits per heavy atom. The maximum atomic E-state index is 14.7. The Bertz CT molecular complexity index is 1650. The molecule has 6 rings (SSSR count). The summed E-state index contributed by atoms with van der Waals surface area (Å²) < 4.78 is 28.6. The number of halogens is 2. The van der Waals surface area contributed by atoms with Gasteiger partial charge in [0.05, 0.1) is 18.3 Å². The number of aryl methyl sites for hydroxylation is 1. The molecule has 2 atom stereocenters. The summed E-state index contributed by atoms with van der Waals surface area (Å²) in [6, 6.07) is 10.6. The van der Waals surface area contributed by atoms with E-state index in [1.807, 2.05) is 19.1 Å². The average Bonchev–Trinajstić information content (AvgIpc) is 3.57. The van der Waals surface area contributed by atoms with Gasteiger partial charge in [-0.1, -0.05) is 17.7 Å². The summed E-state index contributed by atoms with van der Waals surface area (Å²) in [7, 11) is 0. The van der Waals surface area contributed by atoms with Crippen LogP contribution in [0, 0.1) is 12.8 Å². The Kier molecular flexibility index (Phi) is 6.96. The number of carbonyl (C=O) groups is 2. The van der Waals surface area contributed by atoms with E-state index in [1.54, 1.807) is 39.0 Å². The number of pyridine rings is 1. The highest BCUT2D eigenvalue weighted by Crippen LogP contribution is 2.39. The van der Waals surface area contributed by atoms with Crippen molar-refractivity contribution < 1.29 is 23.1 Å². The number of carbonyl (C=O) groups excluding carboxylic acids is 2. The minimum Gasteiger partial charge on any atom is -0.454 e. The molecule has 8 nitrogen and oxygen atoms in total. The Morgan fingerprint density at radius 3 is 2.68 bits per heavy atom. The third-order valence-electron chi connectivity index (χ3n) is 7.67. The molecule has 41 heavy (non-hydrogen) atoms. The van der Waals surface area contributed by atoms with E-state index in [9.17, 15) is 14.0 Å². The van der Waals surface area contributed by atoms with Crippen LogP contribution in [0.5, 0.6) is 0 Å². The number of furan rings is 1. The van der Waals surface area contributed by atoms with Crippen LogP contribution in [0.1, 0.15) is 56.0 Å². The third kappa shape index (κ3) is 5.77. The lowest BCUT2D eigenvalue weighted by molar-refractivity contribution is 0.0395. The van der Waals surface area contributed by atoms with Gasteiger partial charge >= 0.3 is 6.09 Å². The summed E-state index contributed by atoms with van der Waals surface area (Å²) in [5.41, 5.74) is 3.03. The first-order valence-corrected chi connectivity index (χ1v) is 14.4. The number of ether oxygens (including phenoxy) is 1. The first-order chi connectivity index (χ1) is 19.4. The number of piperidine rings is 1. The highest BCUT2D eigenvalue weighted by atomic mass is 35.5. The normalized spacial score (nSPS) is 19.6. The Morgan fingerprint density at radius 2 is 1.95 bits per heavy atom. The molecule has 2 fully saturated rings. The van der Waals surface area contributed by atoms with Crippen LogP contribution in [-0.2, 0) is 11.3 Å². The zero-order chi connectivity index (χ0) is 29.1. The Hall–Kier alpha value is -3.59. The monoisotopic (exact) mass is 580 g/mol. The van der Waals surface area contributed by atoms with E-state index < -0.39 is 23.9 Å². The van der Waals surface area contributed by atoms with Gasteiger partial charge in [-0.05, 0) is 76.8 Å². The molecule has 0 spiro atoms. The summed E-state index contributed by atoms with van der Waals surface area (Å²) in [4.78, 5) is 31.8. The summed E-state index contributed by atoms with van der Waals surface area (Å²) in [6.07, 6.45) is 0.617. The predicted octanol–water partition coefficient (Wildman–Crippen LogP) is 6.90. The predicted molar refractivity (Wildman–Crippen MR) is 156 cm³/mol. The maximum Gasteiger partial charge on any atom is 0.407 e. The fraction of sp³-hybridized carbons (Fsp3) is 0.452. The number of rotatable bonds is 5. The van der Waals surface area contributed by atoms with Crippen molar-refractivity contribution in [3.05, 3.63) is 52.7 Å². The van der Waals surface area contributed by atoms with E-state index in [4.69, 9.17) is 20.8 Å². The first-order valence-electron chi connectivity index (χ1n) is 14.1. The average molecular weight is 581 g/mol. The molecule has 0 bridgehead atoms. The van der Waals surface area contributed by atoms with Crippen LogP contribution in [0.15, 0.2) is 40.8 Å². The molecule has 2 amide bonds. The van der Waals surface area contributed by atoms with Crippen LogP contribution in [0.3, 0.4) is 0 Å². The van der Waals surface area contributed by atoms with Crippen LogP contribution in [0.2, 0.25) is 5.15 Å². The van der Waals surface area contributed by atoms with Gasteiger partial charge < -0.3 is 23.9 Å². The number of hydrogen-bond donors (Lipinski definition) is 1. The fourth-order valence-electron chi connectivity index (χ4n) is 5.60. The van der Waals surface area contributed by atoms with E-state index in [2.05, 4.69) is 20.9 Å². The van der Waals surface area contributed by atoms with Gasteiger partial charge in [-0.15, -0.1) is 0 Å². The standard InChI is InChI=1S/C31H34ClFN4O4/c1-17-23-9-7-20(29(38)36-15-21(33)13-22(16-36)34-30(39)41-31(2,3)4)12-25(23)40-27(17)24-11-19-8-10-26(32)35-28(19)37(24)14-18-5-6-18/h7-12,18,21-22H,5-6,13-16H2,1-4H3,(H,34,39)/t21-,22-/m1/s1. The Balaban J connectivity index is 1.28. The number of nitrogens with one attached hydrogen (secondary N) is 1. The molecule has 3 aromatic heterocycles. The molecule has 1 aromatic carbocycles. The molecule has 2 aliphatic rings. The number of alkyl halides is 1. The summed E-state index contributed by atoms with van der Waals surface area (Å²) >= 11 is 6.24. The molecule has 1 saturated carbocycles. The van der Waals surface area contributed by atoms with Gasteiger partial charge in [0.2, 0.25) is 0 Å². The van der Waals surface area contributed by atoms with E-state index in [0.717, 1.165) is 40.0 Å². The van der Waals surface area contributed by atoms with Crippen molar-refractivity contribution >= 4 is 45.6 Å². The van der Waals surface area contributed by atoms with E-state index >= 15 is 0 Å². The second-order valence-electron chi connectivity index (χ2n) is 12.3. The summed E-state index contributed by atoms with van der Waals surface area (Å²) in [5, 5.41) is 5.04. The number of likely N-dealkylation sites (tertiary alicyclic amines) is 1. The van der Waals surface area contributed by atoms with Crippen molar-refractivity contribution in [1.82, 2.24) is 19.8 Å². The van der Waals surface area contributed by atoms with Gasteiger partial charge in [-0.3, -0.25) is 4.79 Å². The highest BCUT2D eigenvalue weighted by molar-refractivity contribution is 6.29. The summed E-state index contributed by atoms with van der Waals surface area (Å²) in [6.45, 7) is 8.28.